The van der Waals surface area contributed by atoms with Crippen LogP contribution in [0.15, 0.2) is 85.3 Å². The van der Waals surface area contributed by atoms with Crippen LogP contribution in [0.5, 0.6) is 17.4 Å². The third-order valence-corrected chi connectivity index (χ3v) is 6.36. The molecular weight excluding hydrogens is 531 g/mol. The SMILES string of the molecule is CC(C)(COc1ccc(C(Cc2ccncc2)c2ccc(OC(F)F)c(OC(F)F)c2)cn1)c1ccc(F)cc1. The van der Waals surface area contributed by atoms with Crippen LogP contribution in [0.3, 0.4) is 0 Å². The zero-order valence-electron chi connectivity index (χ0n) is 21.7. The lowest BCUT2D eigenvalue weighted by atomic mass is 9.85. The highest BCUT2D eigenvalue weighted by Gasteiger charge is 2.23. The van der Waals surface area contributed by atoms with Gasteiger partial charge in [-0.1, -0.05) is 38.1 Å². The first-order chi connectivity index (χ1) is 19.1. The van der Waals surface area contributed by atoms with Crippen molar-refractivity contribution >= 4 is 0 Å². The molecule has 4 rings (SSSR count). The molecule has 0 saturated heterocycles. The summed E-state index contributed by atoms with van der Waals surface area (Å²) in [6.07, 6.45) is 5.32. The van der Waals surface area contributed by atoms with E-state index in [1.165, 1.54) is 30.3 Å². The predicted octanol–water partition coefficient (Wildman–Crippen LogP) is 7.55. The summed E-state index contributed by atoms with van der Waals surface area (Å²) in [5.74, 6) is -1.34. The lowest BCUT2D eigenvalue weighted by Gasteiger charge is -2.25. The van der Waals surface area contributed by atoms with Gasteiger partial charge in [0.1, 0.15) is 5.82 Å². The van der Waals surface area contributed by atoms with E-state index in [0.717, 1.165) is 16.7 Å². The van der Waals surface area contributed by atoms with Crippen molar-refractivity contribution in [1.82, 2.24) is 9.97 Å². The fourth-order valence-corrected chi connectivity index (χ4v) is 4.23. The van der Waals surface area contributed by atoms with E-state index in [9.17, 15) is 22.0 Å². The number of ether oxygens (including phenoxy) is 3. The van der Waals surface area contributed by atoms with E-state index in [-0.39, 0.29) is 12.4 Å². The van der Waals surface area contributed by atoms with Crippen molar-refractivity contribution in [3.63, 3.8) is 0 Å². The van der Waals surface area contributed by atoms with Crippen molar-refractivity contribution in [2.24, 2.45) is 0 Å². The average Bonchev–Trinajstić information content (AvgIpc) is 2.92. The van der Waals surface area contributed by atoms with Crippen molar-refractivity contribution in [1.29, 1.82) is 0 Å². The maximum absolute atomic E-state index is 13.3. The standard InChI is InChI=1S/C30H27F5N2O3/c1-30(2,22-5-7-23(31)8-6-22)18-38-27-10-4-21(17-37-27)24(15-19-11-13-36-14-12-19)20-3-9-25(39-28(32)33)26(16-20)40-29(34)35/h3-14,16-17,24,28-29H,15,18H2,1-2H3. The van der Waals surface area contributed by atoms with Gasteiger partial charge in [0.05, 0.1) is 6.61 Å². The van der Waals surface area contributed by atoms with E-state index in [0.29, 0.717) is 17.9 Å². The summed E-state index contributed by atoms with van der Waals surface area (Å²) < 4.78 is 79.9. The minimum Gasteiger partial charge on any atom is -0.477 e. The molecule has 0 bridgehead atoms. The van der Waals surface area contributed by atoms with E-state index in [1.54, 1.807) is 42.9 Å². The third-order valence-electron chi connectivity index (χ3n) is 6.36. The Morgan fingerprint density at radius 2 is 1.43 bits per heavy atom. The van der Waals surface area contributed by atoms with Gasteiger partial charge >= 0.3 is 13.2 Å². The molecule has 0 radical (unpaired) electrons. The molecule has 40 heavy (non-hydrogen) atoms. The minimum atomic E-state index is -3.23. The fourth-order valence-electron chi connectivity index (χ4n) is 4.23. The molecule has 1 unspecified atom stereocenters. The highest BCUT2D eigenvalue weighted by Crippen LogP contribution is 2.37. The van der Waals surface area contributed by atoms with Crippen LogP contribution in [-0.2, 0) is 11.8 Å². The quantitative estimate of drug-likeness (QED) is 0.168. The topological polar surface area (TPSA) is 53.5 Å². The highest BCUT2D eigenvalue weighted by atomic mass is 19.3. The van der Waals surface area contributed by atoms with Gasteiger partial charge < -0.3 is 14.2 Å². The smallest absolute Gasteiger partial charge is 0.387 e. The molecule has 0 aliphatic heterocycles. The first kappa shape index (κ1) is 28.8. The number of halogens is 5. The Balaban J connectivity index is 1.59. The average molecular weight is 559 g/mol. The Morgan fingerprint density at radius 1 is 0.775 bits per heavy atom. The Hall–Kier alpha value is -4.21. The maximum atomic E-state index is 13.3. The normalized spacial score (nSPS) is 12.4. The lowest BCUT2D eigenvalue weighted by Crippen LogP contribution is -2.26. The van der Waals surface area contributed by atoms with Gasteiger partial charge in [0.25, 0.3) is 0 Å². The number of alkyl halides is 4. The second-order valence-electron chi connectivity index (χ2n) is 9.68. The summed E-state index contributed by atoms with van der Waals surface area (Å²) in [4.78, 5) is 8.46. The van der Waals surface area contributed by atoms with Crippen LogP contribution in [-0.4, -0.2) is 29.8 Å². The van der Waals surface area contributed by atoms with Gasteiger partial charge in [-0.3, -0.25) is 4.98 Å². The van der Waals surface area contributed by atoms with Crippen molar-refractivity contribution in [2.45, 2.75) is 44.8 Å². The Labute approximate surface area is 228 Å². The first-order valence-corrected chi connectivity index (χ1v) is 12.4. The van der Waals surface area contributed by atoms with Crippen LogP contribution >= 0.6 is 0 Å². The van der Waals surface area contributed by atoms with Gasteiger partial charge in [-0.2, -0.15) is 17.6 Å². The molecule has 10 heteroatoms. The van der Waals surface area contributed by atoms with E-state index in [2.05, 4.69) is 19.4 Å². The molecule has 0 fully saturated rings. The van der Waals surface area contributed by atoms with Crippen LogP contribution in [0.25, 0.3) is 0 Å². The zero-order chi connectivity index (χ0) is 28.7. The molecule has 0 spiro atoms. The first-order valence-electron chi connectivity index (χ1n) is 12.4. The van der Waals surface area contributed by atoms with Gasteiger partial charge in [-0.25, -0.2) is 9.37 Å². The van der Waals surface area contributed by atoms with E-state index < -0.39 is 36.1 Å². The second-order valence-corrected chi connectivity index (χ2v) is 9.68. The Bertz CT molecular complexity index is 1370. The molecule has 210 valence electrons. The van der Waals surface area contributed by atoms with Crippen LogP contribution in [0, 0.1) is 5.82 Å². The molecular formula is C30H27F5N2O3. The molecule has 0 amide bonds. The molecule has 0 saturated carbocycles. The van der Waals surface area contributed by atoms with Gasteiger partial charge in [-0.05, 0) is 65.1 Å². The summed E-state index contributed by atoms with van der Waals surface area (Å²) >= 11 is 0. The number of pyridine rings is 2. The molecule has 1 atom stereocenters. The summed E-state index contributed by atoms with van der Waals surface area (Å²) in [5, 5.41) is 0. The number of hydrogen-bond donors (Lipinski definition) is 0. The molecule has 0 aliphatic carbocycles. The van der Waals surface area contributed by atoms with Gasteiger partial charge in [0.15, 0.2) is 11.5 Å². The van der Waals surface area contributed by atoms with E-state index in [1.807, 2.05) is 26.0 Å². The number of nitrogens with zero attached hydrogens (tertiary/aromatic N) is 2. The molecule has 2 heterocycles. The fraction of sp³-hybridized carbons (Fsp3) is 0.267. The number of rotatable bonds is 12. The molecule has 4 aromatic rings. The van der Waals surface area contributed by atoms with E-state index in [4.69, 9.17) is 4.74 Å². The molecule has 2 aromatic heterocycles. The Kier molecular flexibility index (Phi) is 9.19. The minimum absolute atomic E-state index is 0.283. The maximum Gasteiger partial charge on any atom is 0.387 e. The van der Waals surface area contributed by atoms with Crippen LogP contribution in [0.4, 0.5) is 22.0 Å². The highest BCUT2D eigenvalue weighted by molar-refractivity contribution is 5.47. The van der Waals surface area contributed by atoms with Gasteiger partial charge in [0, 0.05) is 36.0 Å². The predicted molar refractivity (Wildman–Crippen MR) is 139 cm³/mol. The van der Waals surface area contributed by atoms with Crippen molar-refractivity contribution in [3.8, 4) is 17.4 Å². The molecule has 0 N–H and O–H groups in total. The van der Waals surface area contributed by atoms with Crippen LogP contribution in [0.2, 0.25) is 0 Å². The van der Waals surface area contributed by atoms with Crippen molar-refractivity contribution < 1.29 is 36.2 Å². The summed E-state index contributed by atoms with van der Waals surface area (Å²) in [6.45, 7) is -2.21. The summed E-state index contributed by atoms with van der Waals surface area (Å²) in [6, 6.07) is 17.3. The molecule has 0 aliphatic rings. The largest absolute Gasteiger partial charge is 0.477 e. The second kappa shape index (κ2) is 12.8. The third kappa shape index (κ3) is 7.68. The molecule has 5 nitrogen and oxygen atoms in total. The van der Waals surface area contributed by atoms with Crippen LogP contribution in [0.1, 0.15) is 42.0 Å². The monoisotopic (exact) mass is 558 g/mol. The van der Waals surface area contributed by atoms with Crippen LogP contribution < -0.4 is 14.2 Å². The van der Waals surface area contributed by atoms with Crippen molar-refractivity contribution in [2.75, 3.05) is 6.61 Å². The van der Waals surface area contributed by atoms with Gasteiger partial charge in [0.2, 0.25) is 5.88 Å². The van der Waals surface area contributed by atoms with Gasteiger partial charge in [-0.15, -0.1) is 0 Å². The van der Waals surface area contributed by atoms with Crippen molar-refractivity contribution in [3.05, 3.63) is 113 Å². The number of benzene rings is 2. The summed E-state index contributed by atoms with van der Waals surface area (Å²) in [7, 11) is 0. The summed E-state index contributed by atoms with van der Waals surface area (Å²) in [5.41, 5.74) is 2.66. The van der Waals surface area contributed by atoms with E-state index >= 15 is 0 Å². The number of hydrogen-bond acceptors (Lipinski definition) is 5. The Morgan fingerprint density at radius 3 is 2.05 bits per heavy atom. The lowest BCUT2D eigenvalue weighted by molar-refractivity contribution is -0.0692. The number of aromatic nitrogens is 2. The molecule has 2 aromatic carbocycles. The zero-order valence-corrected chi connectivity index (χ0v) is 21.7.